The van der Waals surface area contributed by atoms with Gasteiger partial charge in [0.1, 0.15) is 0 Å². The van der Waals surface area contributed by atoms with Crippen molar-refractivity contribution in [3.05, 3.63) is 35.7 Å². The van der Waals surface area contributed by atoms with E-state index in [1.807, 2.05) is 12.1 Å². The number of rotatable bonds is 1. The van der Waals surface area contributed by atoms with Crippen molar-refractivity contribution in [2.75, 3.05) is 5.73 Å². The minimum atomic E-state index is 0.855. The van der Waals surface area contributed by atoms with Gasteiger partial charge in [0.05, 0.1) is 0 Å². The summed E-state index contributed by atoms with van der Waals surface area (Å²) in [5.41, 5.74) is 7.81. The normalized spacial score (nSPS) is 17.8. The second kappa shape index (κ2) is 2.57. The van der Waals surface area contributed by atoms with Crippen molar-refractivity contribution in [1.29, 1.82) is 0 Å². The Balaban J connectivity index is 2.18. The molecule has 0 bridgehead atoms. The Kier molecular flexibility index (Phi) is 1.57. The van der Waals surface area contributed by atoms with Crippen molar-refractivity contribution >= 4 is 5.69 Å². The maximum Gasteiger partial charge on any atom is 0.0314 e. The summed E-state index contributed by atoms with van der Waals surface area (Å²) in [7, 11) is 0. The van der Waals surface area contributed by atoms with Gasteiger partial charge < -0.3 is 5.73 Å². The third-order valence-corrected chi connectivity index (χ3v) is 2.28. The van der Waals surface area contributed by atoms with Crippen LogP contribution < -0.4 is 5.73 Å². The quantitative estimate of drug-likeness (QED) is 0.605. The van der Waals surface area contributed by atoms with Crippen LogP contribution in [-0.2, 0) is 0 Å². The lowest BCUT2D eigenvalue weighted by Crippen LogP contribution is -2.09. The van der Waals surface area contributed by atoms with Gasteiger partial charge in [-0.25, -0.2) is 0 Å². The van der Waals surface area contributed by atoms with Crippen molar-refractivity contribution in [2.24, 2.45) is 0 Å². The van der Waals surface area contributed by atoms with Crippen LogP contribution in [0.3, 0.4) is 0 Å². The molecule has 2 N–H and O–H groups in total. The molecule has 0 aromatic heterocycles. The molecule has 1 aromatic carbocycles. The molecule has 0 amide bonds. The lowest BCUT2D eigenvalue weighted by molar-refractivity contribution is 0.577. The molecule has 0 heterocycles. The van der Waals surface area contributed by atoms with Crippen LogP contribution >= 0.6 is 0 Å². The fourth-order valence-electron chi connectivity index (χ4n) is 1.36. The number of nitrogen functional groups attached to an aromatic ring is 1. The first kappa shape index (κ1) is 6.71. The van der Waals surface area contributed by atoms with E-state index in [-0.39, 0.29) is 0 Å². The maximum absolute atomic E-state index is 5.58. The third kappa shape index (κ3) is 1.23. The van der Waals surface area contributed by atoms with Crippen LogP contribution in [0.1, 0.15) is 24.8 Å². The van der Waals surface area contributed by atoms with E-state index < -0.39 is 0 Å². The van der Waals surface area contributed by atoms with Gasteiger partial charge in [0, 0.05) is 11.6 Å². The summed E-state index contributed by atoms with van der Waals surface area (Å²) in [6.07, 6.45) is 3.92. The Bertz CT molecular complexity index is 234. The Hall–Kier alpha value is -0.980. The minimum absolute atomic E-state index is 0.855. The highest BCUT2D eigenvalue weighted by Crippen LogP contribution is 2.35. The summed E-state index contributed by atoms with van der Waals surface area (Å²) in [5, 5.41) is 0. The highest BCUT2D eigenvalue weighted by molar-refractivity contribution is 5.44. The van der Waals surface area contributed by atoms with E-state index in [4.69, 9.17) is 5.73 Å². The first-order valence-electron chi connectivity index (χ1n) is 4.07. The van der Waals surface area contributed by atoms with Gasteiger partial charge in [0.25, 0.3) is 0 Å². The summed E-state index contributed by atoms with van der Waals surface area (Å²) in [6, 6.07) is 8.18. The average Bonchev–Trinajstić information content (AvgIpc) is 1.90. The predicted molar refractivity (Wildman–Crippen MR) is 47.1 cm³/mol. The Labute approximate surface area is 67.2 Å². The third-order valence-electron chi connectivity index (χ3n) is 2.28. The maximum atomic E-state index is 5.58. The van der Waals surface area contributed by atoms with Crippen LogP contribution in [0.25, 0.3) is 0 Å². The number of anilines is 1. The molecule has 1 fully saturated rings. The lowest BCUT2D eigenvalue weighted by atomic mass is 9.80. The molecule has 0 spiro atoms. The predicted octanol–water partition coefficient (Wildman–Crippen LogP) is 2.38. The number of hydrogen-bond donors (Lipinski definition) is 1. The van der Waals surface area contributed by atoms with Gasteiger partial charge in [-0.05, 0) is 30.5 Å². The second-order valence-corrected chi connectivity index (χ2v) is 3.08. The highest BCUT2D eigenvalue weighted by Gasteiger charge is 2.19. The van der Waals surface area contributed by atoms with E-state index >= 15 is 0 Å². The zero-order chi connectivity index (χ0) is 7.68. The number of benzene rings is 1. The first-order chi connectivity index (χ1) is 5.36. The van der Waals surface area contributed by atoms with E-state index in [2.05, 4.69) is 12.1 Å². The van der Waals surface area contributed by atoms with Crippen LogP contribution in [-0.4, -0.2) is 0 Å². The van der Waals surface area contributed by atoms with Gasteiger partial charge in [-0.1, -0.05) is 18.6 Å². The van der Waals surface area contributed by atoms with E-state index in [1.54, 1.807) is 5.92 Å². The highest BCUT2D eigenvalue weighted by atomic mass is 14.5. The molecule has 1 radical (unpaired) electrons. The van der Waals surface area contributed by atoms with Crippen molar-refractivity contribution in [1.82, 2.24) is 0 Å². The monoisotopic (exact) mass is 146 g/mol. The molecule has 1 heteroatoms. The van der Waals surface area contributed by atoms with Crippen molar-refractivity contribution < 1.29 is 0 Å². The van der Waals surface area contributed by atoms with E-state index in [0.29, 0.717) is 0 Å². The Morgan fingerprint density at radius 1 is 1.00 bits per heavy atom. The molecule has 57 valence electrons. The standard InChI is InChI=1S/C10H12N/c11-10-6-4-9(5-7-10)8-2-1-3-8/h4-7H,1-3,11H2. The largest absolute Gasteiger partial charge is 0.399 e. The van der Waals surface area contributed by atoms with E-state index in [1.165, 1.54) is 24.8 Å². The first-order valence-corrected chi connectivity index (χ1v) is 4.07. The van der Waals surface area contributed by atoms with Crippen LogP contribution in [0.15, 0.2) is 24.3 Å². The van der Waals surface area contributed by atoms with Gasteiger partial charge in [0.15, 0.2) is 0 Å². The summed E-state index contributed by atoms with van der Waals surface area (Å²) < 4.78 is 0. The summed E-state index contributed by atoms with van der Waals surface area (Å²) in [5.74, 6) is 1.59. The molecule has 0 saturated heterocycles. The molecule has 1 nitrogen and oxygen atoms in total. The van der Waals surface area contributed by atoms with Gasteiger partial charge in [-0.15, -0.1) is 0 Å². The van der Waals surface area contributed by atoms with E-state index in [9.17, 15) is 0 Å². The van der Waals surface area contributed by atoms with Crippen molar-refractivity contribution in [3.63, 3.8) is 0 Å². The van der Waals surface area contributed by atoms with Gasteiger partial charge in [-0.3, -0.25) is 0 Å². The second-order valence-electron chi connectivity index (χ2n) is 3.08. The molecular weight excluding hydrogens is 134 g/mol. The molecule has 11 heavy (non-hydrogen) atoms. The molecule has 1 saturated carbocycles. The lowest BCUT2D eigenvalue weighted by Gasteiger charge is -2.24. The molecular formula is C10H12N. The van der Waals surface area contributed by atoms with Crippen molar-refractivity contribution in [3.8, 4) is 0 Å². The molecule has 0 unspecified atom stereocenters. The summed E-state index contributed by atoms with van der Waals surface area (Å²) in [4.78, 5) is 0. The molecule has 1 aromatic rings. The van der Waals surface area contributed by atoms with Crippen LogP contribution in [0.2, 0.25) is 0 Å². The number of hydrogen-bond acceptors (Lipinski definition) is 1. The van der Waals surface area contributed by atoms with Gasteiger partial charge in [-0.2, -0.15) is 0 Å². The smallest absolute Gasteiger partial charge is 0.0314 e. The van der Waals surface area contributed by atoms with E-state index in [0.717, 1.165) is 5.69 Å². The van der Waals surface area contributed by atoms with Gasteiger partial charge >= 0.3 is 0 Å². The van der Waals surface area contributed by atoms with Crippen LogP contribution in [0.5, 0.6) is 0 Å². The minimum Gasteiger partial charge on any atom is -0.399 e. The molecule has 0 atom stereocenters. The van der Waals surface area contributed by atoms with Crippen LogP contribution in [0.4, 0.5) is 5.69 Å². The molecule has 1 aliphatic rings. The SMILES string of the molecule is Nc1ccc([C]2CCC2)cc1. The zero-order valence-electron chi connectivity index (χ0n) is 6.51. The Morgan fingerprint density at radius 2 is 1.64 bits per heavy atom. The number of nitrogens with two attached hydrogens (primary N) is 1. The Morgan fingerprint density at radius 3 is 2.09 bits per heavy atom. The summed E-state index contributed by atoms with van der Waals surface area (Å²) in [6.45, 7) is 0. The average molecular weight is 146 g/mol. The fraction of sp³-hybridized carbons (Fsp3) is 0.300. The van der Waals surface area contributed by atoms with Crippen molar-refractivity contribution in [2.45, 2.75) is 19.3 Å². The molecule has 2 rings (SSSR count). The zero-order valence-corrected chi connectivity index (χ0v) is 6.51. The summed E-state index contributed by atoms with van der Waals surface area (Å²) >= 11 is 0. The van der Waals surface area contributed by atoms with Crippen LogP contribution in [0, 0.1) is 5.92 Å². The molecule has 0 aliphatic heterocycles. The topological polar surface area (TPSA) is 26.0 Å². The van der Waals surface area contributed by atoms with Gasteiger partial charge in [0.2, 0.25) is 0 Å². The molecule has 1 aliphatic carbocycles. The fourth-order valence-corrected chi connectivity index (χ4v) is 1.36.